The molecule has 0 heterocycles. The molecule has 0 amide bonds. The number of aliphatic hydroxyl groups excluding tert-OH is 2. The van der Waals surface area contributed by atoms with Gasteiger partial charge in [0.1, 0.15) is 11.9 Å². The summed E-state index contributed by atoms with van der Waals surface area (Å²) in [5.41, 5.74) is -2.19. The van der Waals surface area contributed by atoms with Gasteiger partial charge in [-0.1, -0.05) is 27.7 Å². The van der Waals surface area contributed by atoms with Crippen LogP contribution < -0.4 is 0 Å². The topological polar surface area (TPSA) is 145 Å². The summed E-state index contributed by atoms with van der Waals surface area (Å²) < 4.78 is 5.43. The van der Waals surface area contributed by atoms with Gasteiger partial charge in [-0.25, -0.2) is 0 Å². The number of Topliss-reactive ketones (excluding diaryl/α,β-unsaturated/α-hetero) is 1. The van der Waals surface area contributed by atoms with Crippen LogP contribution in [-0.2, 0) is 14.9 Å². The largest absolute Gasteiger partial charge is 0.507 e. The molecule has 8 heteroatoms. The monoisotopic (exact) mass is 420 g/mol. The second kappa shape index (κ2) is 6.91. The minimum Gasteiger partial charge on any atom is -0.507 e. The summed E-state index contributed by atoms with van der Waals surface area (Å²) in [4.78, 5) is 24.7. The molecule has 0 spiro atoms. The lowest BCUT2D eigenvalue weighted by atomic mass is 9.53. The summed E-state index contributed by atoms with van der Waals surface area (Å²) in [6.07, 6.45) is 0.0612. The lowest BCUT2D eigenvalue weighted by Gasteiger charge is -2.52. The Labute approximate surface area is 174 Å². The van der Waals surface area contributed by atoms with Gasteiger partial charge in [0.2, 0.25) is 5.78 Å². The maximum atomic E-state index is 13.1. The lowest BCUT2D eigenvalue weighted by molar-refractivity contribution is -0.153. The molecule has 3 rings (SSSR count). The number of phenols is 3. The fourth-order valence-corrected chi connectivity index (χ4v) is 5.28. The van der Waals surface area contributed by atoms with Gasteiger partial charge in [0, 0.05) is 41.4 Å². The van der Waals surface area contributed by atoms with Crippen molar-refractivity contribution in [3.05, 3.63) is 28.0 Å². The van der Waals surface area contributed by atoms with Crippen molar-refractivity contribution >= 4 is 11.8 Å². The van der Waals surface area contributed by atoms with Crippen LogP contribution in [0.3, 0.4) is 0 Å². The maximum Gasteiger partial charge on any atom is 0.302 e. The quantitative estimate of drug-likeness (QED) is 0.285. The van der Waals surface area contributed by atoms with Crippen LogP contribution >= 0.6 is 0 Å². The molecule has 1 fully saturated rings. The summed E-state index contributed by atoms with van der Waals surface area (Å²) in [5.74, 6) is -4.46. The Bertz CT molecular complexity index is 974. The average molecular weight is 420 g/mol. The van der Waals surface area contributed by atoms with E-state index in [4.69, 9.17) is 4.74 Å². The third-order valence-electron chi connectivity index (χ3n) is 6.67. The molecule has 3 atom stereocenters. The Morgan fingerprint density at radius 1 is 1.13 bits per heavy atom. The van der Waals surface area contributed by atoms with Crippen LogP contribution in [0.5, 0.6) is 17.2 Å². The third-order valence-corrected chi connectivity index (χ3v) is 6.67. The molecule has 0 bridgehead atoms. The molecule has 0 saturated heterocycles. The summed E-state index contributed by atoms with van der Waals surface area (Å²) in [7, 11) is 0. The molecule has 0 aromatic heterocycles. The molecule has 0 unspecified atom stereocenters. The Hall–Kier alpha value is -2.74. The van der Waals surface area contributed by atoms with Crippen molar-refractivity contribution < 1.29 is 39.9 Å². The number of aliphatic hydroxyl groups is 2. The second-order valence-electron chi connectivity index (χ2n) is 9.04. The number of aromatic hydroxyl groups is 3. The number of carbonyl (C=O) groups is 2. The Balaban J connectivity index is 2.34. The molecule has 8 nitrogen and oxygen atoms in total. The predicted octanol–water partition coefficient (Wildman–Crippen LogP) is 2.92. The van der Waals surface area contributed by atoms with Gasteiger partial charge in [-0.2, -0.15) is 0 Å². The van der Waals surface area contributed by atoms with Crippen LogP contribution in [-0.4, -0.2) is 50.0 Å². The summed E-state index contributed by atoms with van der Waals surface area (Å²) >= 11 is 0. The number of hydrogen-bond acceptors (Lipinski definition) is 8. The van der Waals surface area contributed by atoms with Crippen LogP contribution in [0.25, 0.3) is 0 Å². The van der Waals surface area contributed by atoms with Crippen molar-refractivity contribution in [1.82, 2.24) is 0 Å². The number of ether oxygens (including phenoxy) is 1. The molecule has 1 aromatic carbocycles. The number of esters is 1. The molecular formula is C22H28O8. The zero-order valence-corrected chi connectivity index (χ0v) is 17.7. The van der Waals surface area contributed by atoms with Gasteiger partial charge >= 0.3 is 5.97 Å². The van der Waals surface area contributed by atoms with Crippen LogP contribution in [0, 0.1) is 5.41 Å². The molecule has 5 N–H and O–H groups in total. The first-order chi connectivity index (χ1) is 13.8. The van der Waals surface area contributed by atoms with E-state index in [0.29, 0.717) is 6.42 Å². The van der Waals surface area contributed by atoms with Crippen LogP contribution in [0.15, 0.2) is 11.3 Å². The van der Waals surface area contributed by atoms with E-state index in [1.54, 1.807) is 20.8 Å². The van der Waals surface area contributed by atoms with E-state index in [0.717, 1.165) is 0 Å². The number of allylic oxidation sites excluding steroid dienone is 1. The van der Waals surface area contributed by atoms with Gasteiger partial charge in [0.25, 0.3) is 0 Å². The maximum absolute atomic E-state index is 13.1. The van der Waals surface area contributed by atoms with Crippen molar-refractivity contribution in [1.29, 1.82) is 0 Å². The van der Waals surface area contributed by atoms with Gasteiger partial charge in [-0.3, -0.25) is 9.59 Å². The fraction of sp³-hybridized carbons (Fsp3) is 0.545. The van der Waals surface area contributed by atoms with E-state index in [-0.39, 0.29) is 28.7 Å². The SMILES string of the molecule is CC(=O)O[C@@H]1CC[C@@]2(C)C(=C(O)C(=O)c3c(O)c([C@@H](C)CO)c(O)c(O)c32)C1(C)C. The smallest absolute Gasteiger partial charge is 0.302 e. The van der Waals surface area contributed by atoms with Gasteiger partial charge in [0.05, 0.1) is 5.56 Å². The molecule has 0 aliphatic heterocycles. The van der Waals surface area contributed by atoms with E-state index in [9.17, 15) is 35.1 Å². The molecule has 164 valence electrons. The first-order valence-corrected chi connectivity index (χ1v) is 9.88. The van der Waals surface area contributed by atoms with E-state index >= 15 is 0 Å². The minimum atomic E-state index is -1.10. The van der Waals surface area contributed by atoms with Gasteiger partial charge in [0.15, 0.2) is 17.3 Å². The molecule has 1 aromatic rings. The molecular weight excluding hydrogens is 392 g/mol. The van der Waals surface area contributed by atoms with Gasteiger partial charge in [-0.05, 0) is 18.4 Å². The average Bonchev–Trinajstić information content (AvgIpc) is 2.64. The van der Waals surface area contributed by atoms with Crippen molar-refractivity contribution in [2.75, 3.05) is 6.61 Å². The number of ketones is 1. The van der Waals surface area contributed by atoms with Crippen LogP contribution in [0.2, 0.25) is 0 Å². The number of rotatable bonds is 3. The first kappa shape index (κ1) is 22.0. The lowest BCUT2D eigenvalue weighted by Crippen LogP contribution is -2.50. The summed E-state index contributed by atoms with van der Waals surface area (Å²) in [5, 5.41) is 52.7. The van der Waals surface area contributed by atoms with E-state index in [1.165, 1.54) is 13.8 Å². The Morgan fingerprint density at radius 2 is 1.73 bits per heavy atom. The van der Waals surface area contributed by atoms with E-state index in [1.807, 2.05) is 0 Å². The van der Waals surface area contributed by atoms with Crippen molar-refractivity contribution in [2.24, 2.45) is 5.41 Å². The molecule has 30 heavy (non-hydrogen) atoms. The highest BCUT2D eigenvalue weighted by atomic mass is 16.5. The second-order valence-corrected chi connectivity index (χ2v) is 9.04. The highest BCUT2D eigenvalue weighted by Gasteiger charge is 2.57. The van der Waals surface area contributed by atoms with Gasteiger partial charge in [-0.15, -0.1) is 0 Å². The van der Waals surface area contributed by atoms with E-state index < -0.39 is 64.2 Å². The highest BCUT2D eigenvalue weighted by molar-refractivity contribution is 6.13. The first-order valence-electron chi connectivity index (χ1n) is 9.88. The van der Waals surface area contributed by atoms with Gasteiger partial charge < -0.3 is 30.3 Å². The normalized spacial score (nSPS) is 26.1. The molecule has 2 aliphatic rings. The summed E-state index contributed by atoms with van der Waals surface area (Å²) in [6, 6.07) is 0. The predicted molar refractivity (Wildman–Crippen MR) is 107 cm³/mol. The van der Waals surface area contributed by atoms with Crippen molar-refractivity contribution in [2.45, 2.75) is 64.9 Å². The van der Waals surface area contributed by atoms with Crippen molar-refractivity contribution in [3.63, 3.8) is 0 Å². The van der Waals surface area contributed by atoms with Crippen LogP contribution in [0.1, 0.15) is 74.9 Å². The number of carbonyl (C=O) groups excluding carboxylic acids is 2. The van der Waals surface area contributed by atoms with Crippen LogP contribution in [0.4, 0.5) is 0 Å². The van der Waals surface area contributed by atoms with Crippen molar-refractivity contribution in [3.8, 4) is 17.2 Å². The zero-order valence-electron chi connectivity index (χ0n) is 17.7. The third kappa shape index (κ3) is 2.77. The number of fused-ring (bicyclic) bond motifs is 3. The standard InChI is InChI=1S/C22H28O8/c1-9(8-23)12-15(25)13-14(18(28)16(12)26)22(5)7-6-11(30-10(2)24)21(3,4)20(22)19(29)17(13)27/h9,11,23,25-26,28-29H,6-8H2,1-5H3/t9-,11+,22+/m0/s1. The molecule has 2 aliphatic carbocycles. The molecule has 0 radical (unpaired) electrons. The fourth-order valence-electron chi connectivity index (χ4n) is 5.28. The zero-order chi connectivity index (χ0) is 22.8. The Kier molecular flexibility index (Phi) is 5.05. The molecule has 1 saturated carbocycles. The minimum absolute atomic E-state index is 0.0264. The summed E-state index contributed by atoms with van der Waals surface area (Å²) in [6.45, 7) is 7.55. The Morgan fingerprint density at radius 3 is 2.27 bits per heavy atom. The number of hydrogen-bond donors (Lipinski definition) is 5. The number of benzene rings is 1. The number of phenolic OH excluding ortho intramolecular Hbond substituents is 3. The van der Waals surface area contributed by atoms with E-state index in [2.05, 4.69) is 0 Å². The highest BCUT2D eigenvalue weighted by Crippen LogP contribution is 2.61.